The van der Waals surface area contributed by atoms with Crippen LogP contribution in [0.3, 0.4) is 0 Å². The summed E-state index contributed by atoms with van der Waals surface area (Å²) in [7, 11) is 1.68. The third-order valence-corrected chi connectivity index (χ3v) is 5.17. The molecule has 0 aliphatic carbocycles. The molecular formula is C18H25ClN4O2S. The number of nitrogens with one attached hydrogen (secondary N) is 1. The molecule has 0 saturated carbocycles. The Kier molecular flexibility index (Phi) is 8.41. The Bertz CT molecular complexity index is 723. The molecule has 0 aliphatic rings. The Morgan fingerprint density at radius 1 is 1.38 bits per heavy atom. The number of hydrogen-bond donors (Lipinski definition) is 1. The van der Waals surface area contributed by atoms with Crippen molar-refractivity contribution in [1.29, 1.82) is 0 Å². The van der Waals surface area contributed by atoms with Crippen LogP contribution in [0.15, 0.2) is 29.4 Å². The molecule has 26 heavy (non-hydrogen) atoms. The van der Waals surface area contributed by atoms with Crippen molar-refractivity contribution < 1.29 is 9.53 Å². The summed E-state index contributed by atoms with van der Waals surface area (Å²) in [6, 6.07) is 7.56. The Balaban J connectivity index is 2.25. The molecule has 1 aromatic heterocycles. The molecule has 142 valence electrons. The fraction of sp³-hybridized carbons (Fsp3) is 0.500. The predicted molar refractivity (Wildman–Crippen MR) is 106 cm³/mol. The predicted octanol–water partition coefficient (Wildman–Crippen LogP) is 3.64. The number of amides is 1. The van der Waals surface area contributed by atoms with Gasteiger partial charge in [0.05, 0.1) is 10.3 Å². The van der Waals surface area contributed by atoms with Gasteiger partial charge in [0.2, 0.25) is 5.91 Å². The molecule has 0 aliphatic heterocycles. The topological polar surface area (TPSA) is 69.0 Å². The van der Waals surface area contributed by atoms with Gasteiger partial charge in [0.15, 0.2) is 11.0 Å². The van der Waals surface area contributed by atoms with Crippen molar-refractivity contribution >= 4 is 29.3 Å². The molecular weight excluding hydrogens is 372 g/mol. The molecule has 1 atom stereocenters. The Labute approximate surface area is 163 Å². The van der Waals surface area contributed by atoms with Crippen molar-refractivity contribution in [2.24, 2.45) is 0 Å². The molecule has 0 fully saturated rings. The first-order valence-corrected chi connectivity index (χ1v) is 9.95. The van der Waals surface area contributed by atoms with E-state index in [0.717, 1.165) is 18.4 Å². The Hall–Kier alpha value is -1.57. The SMILES string of the molecule is CCCNC(=O)C(C)Sc1nnc(-c2ccccc2Cl)n1CCCOC. The largest absolute Gasteiger partial charge is 0.385 e. The molecule has 6 nitrogen and oxygen atoms in total. The molecule has 0 bridgehead atoms. The van der Waals surface area contributed by atoms with Gasteiger partial charge in [0.25, 0.3) is 0 Å². The van der Waals surface area contributed by atoms with Gasteiger partial charge in [-0.15, -0.1) is 10.2 Å². The number of carbonyl (C=O) groups excluding carboxylic acids is 1. The third kappa shape index (κ3) is 5.46. The minimum atomic E-state index is -0.258. The van der Waals surface area contributed by atoms with Gasteiger partial charge < -0.3 is 14.6 Å². The van der Waals surface area contributed by atoms with E-state index in [1.807, 2.05) is 42.7 Å². The standard InChI is InChI=1S/C18H25ClN4O2S/c1-4-10-20-17(24)13(2)26-18-22-21-16(23(18)11-7-12-25-3)14-8-5-6-9-15(14)19/h5-6,8-9,13H,4,7,10-12H2,1-3H3,(H,20,24). The monoisotopic (exact) mass is 396 g/mol. The fourth-order valence-corrected chi connectivity index (χ4v) is 3.51. The summed E-state index contributed by atoms with van der Waals surface area (Å²) < 4.78 is 7.17. The molecule has 2 aromatic rings. The lowest BCUT2D eigenvalue weighted by Crippen LogP contribution is -2.31. The van der Waals surface area contributed by atoms with Crippen LogP contribution in [-0.4, -0.2) is 46.2 Å². The summed E-state index contributed by atoms with van der Waals surface area (Å²) in [5.74, 6) is 0.706. The number of thioether (sulfide) groups is 1. The van der Waals surface area contributed by atoms with Gasteiger partial charge in [0.1, 0.15) is 0 Å². The first-order chi connectivity index (χ1) is 12.6. The van der Waals surface area contributed by atoms with E-state index < -0.39 is 0 Å². The van der Waals surface area contributed by atoms with Gasteiger partial charge in [-0.3, -0.25) is 4.79 Å². The first-order valence-electron chi connectivity index (χ1n) is 8.69. The number of rotatable bonds is 10. The number of benzene rings is 1. The minimum Gasteiger partial charge on any atom is -0.385 e. The zero-order chi connectivity index (χ0) is 18.9. The Morgan fingerprint density at radius 2 is 2.15 bits per heavy atom. The highest BCUT2D eigenvalue weighted by Crippen LogP contribution is 2.30. The smallest absolute Gasteiger partial charge is 0.233 e. The van der Waals surface area contributed by atoms with Crippen molar-refractivity contribution in [2.75, 3.05) is 20.3 Å². The maximum atomic E-state index is 12.2. The van der Waals surface area contributed by atoms with Crippen LogP contribution in [0.25, 0.3) is 11.4 Å². The van der Waals surface area contributed by atoms with Crippen molar-refractivity contribution in [2.45, 2.75) is 43.6 Å². The van der Waals surface area contributed by atoms with E-state index in [0.29, 0.717) is 35.7 Å². The van der Waals surface area contributed by atoms with Crippen LogP contribution in [0, 0.1) is 0 Å². The number of aromatic nitrogens is 3. The zero-order valence-electron chi connectivity index (χ0n) is 15.4. The summed E-state index contributed by atoms with van der Waals surface area (Å²) in [6.45, 7) is 5.90. The van der Waals surface area contributed by atoms with Crippen LogP contribution in [0.4, 0.5) is 0 Å². The maximum Gasteiger partial charge on any atom is 0.233 e. The number of hydrogen-bond acceptors (Lipinski definition) is 5. The molecule has 1 N–H and O–H groups in total. The van der Waals surface area contributed by atoms with Crippen LogP contribution in [0.5, 0.6) is 0 Å². The number of halogens is 1. The highest BCUT2D eigenvalue weighted by Gasteiger charge is 2.21. The first kappa shape index (κ1) is 20.7. The molecule has 0 spiro atoms. The highest BCUT2D eigenvalue weighted by atomic mass is 35.5. The second-order valence-corrected chi connectivity index (χ2v) is 7.55. The maximum absolute atomic E-state index is 12.2. The number of carbonyl (C=O) groups is 1. The summed E-state index contributed by atoms with van der Waals surface area (Å²) in [6.07, 6.45) is 1.73. The molecule has 8 heteroatoms. The van der Waals surface area contributed by atoms with E-state index in [4.69, 9.17) is 16.3 Å². The average Bonchev–Trinajstić information content (AvgIpc) is 3.02. The quantitative estimate of drug-likeness (QED) is 0.490. The summed E-state index contributed by atoms with van der Waals surface area (Å²) in [5.41, 5.74) is 0.828. The van der Waals surface area contributed by atoms with Crippen molar-refractivity contribution in [3.63, 3.8) is 0 Å². The summed E-state index contributed by atoms with van der Waals surface area (Å²) >= 11 is 7.74. The Morgan fingerprint density at radius 3 is 2.85 bits per heavy atom. The van der Waals surface area contributed by atoms with Crippen LogP contribution >= 0.6 is 23.4 Å². The normalized spacial score (nSPS) is 12.2. The van der Waals surface area contributed by atoms with Gasteiger partial charge in [0, 0.05) is 32.4 Å². The van der Waals surface area contributed by atoms with Crippen LogP contribution in [-0.2, 0) is 16.1 Å². The fourth-order valence-electron chi connectivity index (χ4n) is 2.39. The summed E-state index contributed by atoms with van der Waals surface area (Å²) in [4.78, 5) is 12.2. The van der Waals surface area contributed by atoms with Crippen LogP contribution < -0.4 is 5.32 Å². The van der Waals surface area contributed by atoms with Gasteiger partial charge in [-0.25, -0.2) is 0 Å². The lowest BCUT2D eigenvalue weighted by Gasteiger charge is -2.14. The minimum absolute atomic E-state index is 0.00239. The molecule has 0 saturated heterocycles. The molecule has 1 amide bonds. The highest BCUT2D eigenvalue weighted by molar-refractivity contribution is 8.00. The van der Waals surface area contributed by atoms with E-state index in [2.05, 4.69) is 15.5 Å². The van der Waals surface area contributed by atoms with Crippen molar-refractivity contribution in [3.05, 3.63) is 29.3 Å². The van der Waals surface area contributed by atoms with Crippen molar-refractivity contribution in [3.8, 4) is 11.4 Å². The van der Waals surface area contributed by atoms with Crippen LogP contribution in [0.1, 0.15) is 26.7 Å². The second kappa shape index (κ2) is 10.5. The lowest BCUT2D eigenvalue weighted by molar-refractivity contribution is -0.120. The molecule has 2 rings (SSSR count). The van der Waals surface area contributed by atoms with E-state index in [1.165, 1.54) is 11.8 Å². The van der Waals surface area contributed by atoms with E-state index in [9.17, 15) is 4.79 Å². The molecule has 1 unspecified atom stereocenters. The third-order valence-electron chi connectivity index (χ3n) is 3.76. The van der Waals surface area contributed by atoms with Crippen LogP contribution in [0.2, 0.25) is 5.02 Å². The zero-order valence-corrected chi connectivity index (χ0v) is 16.9. The van der Waals surface area contributed by atoms with Gasteiger partial charge in [-0.2, -0.15) is 0 Å². The van der Waals surface area contributed by atoms with Gasteiger partial charge >= 0.3 is 0 Å². The number of ether oxygens (including phenoxy) is 1. The van der Waals surface area contributed by atoms with E-state index in [1.54, 1.807) is 7.11 Å². The average molecular weight is 397 g/mol. The number of nitrogens with zero attached hydrogens (tertiary/aromatic N) is 3. The summed E-state index contributed by atoms with van der Waals surface area (Å²) in [5, 5.41) is 12.6. The molecule has 1 aromatic carbocycles. The van der Waals surface area contributed by atoms with E-state index >= 15 is 0 Å². The van der Waals surface area contributed by atoms with Gasteiger partial charge in [-0.05, 0) is 31.9 Å². The molecule has 1 heterocycles. The lowest BCUT2D eigenvalue weighted by atomic mass is 10.2. The molecule has 0 radical (unpaired) electrons. The number of methoxy groups -OCH3 is 1. The van der Waals surface area contributed by atoms with Crippen molar-refractivity contribution in [1.82, 2.24) is 20.1 Å². The van der Waals surface area contributed by atoms with E-state index in [-0.39, 0.29) is 11.2 Å². The van der Waals surface area contributed by atoms with Gasteiger partial charge in [-0.1, -0.05) is 42.4 Å². The second-order valence-electron chi connectivity index (χ2n) is 5.84.